The third-order valence-corrected chi connectivity index (χ3v) is 7.35. The highest BCUT2D eigenvalue weighted by Gasteiger charge is 2.21. The van der Waals surface area contributed by atoms with Crippen LogP contribution in [0.1, 0.15) is 15.9 Å². The molecule has 4 heterocycles. The largest absolute Gasteiger partial charge is 0.474 e. The van der Waals surface area contributed by atoms with Crippen molar-refractivity contribution in [2.45, 2.75) is 6.92 Å². The molecular weight excluding hydrogens is 468 g/mol. The molecule has 1 saturated heterocycles. The van der Waals surface area contributed by atoms with Gasteiger partial charge in [-0.2, -0.15) is 0 Å². The van der Waals surface area contributed by atoms with Crippen LogP contribution < -0.4 is 31.1 Å². The maximum atomic E-state index is 13.1. The molecule has 5 rings (SSSR count). The van der Waals surface area contributed by atoms with Crippen molar-refractivity contribution in [3.8, 4) is 5.88 Å². The van der Waals surface area contributed by atoms with E-state index in [1.54, 1.807) is 24.4 Å². The van der Waals surface area contributed by atoms with Gasteiger partial charge < -0.3 is 30.6 Å². The van der Waals surface area contributed by atoms with Crippen LogP contribution in [0.25, 0.3) is 0 Å². The molecule has 4 N–H and O–H groups in total. The van der Waals surface area contributed by atoms with E-state index in [-0.39, 0.29) is 5.56 Å². The van der Waals surface area contributed by atoms with Crippen LogP contribution >= 0.6 is 0 Å². The van der Waals surface area contributed by atoms with E-state index in [0.717, 1.165) is 30.0 Å². The lowest BCUT2D eigenvalue weighted by molar-refractivity contribution is 0.102. The fourth-order valence-electron chi connectivity index (χ4n) is 4.15. The number of amides is 1. The van der Waals surface area contributed by atoms with Crippen LogP contribution in [0.5, 0.6) is 5.88 Å². The Morgan fingerprint density at radius 2 is 1.91 bits per heavy atom. The lowest BCUT2D eigenvalue weighted by atomic mass is 10.1. The second kappa shape index (κ2) is 9.79. The van der Waals surface area contributed by atoms with Crippen molar-refractivity contribution in [2.24, 2.45) is 0 Å². The Morgan fingerprint density at radius 1 is 1.14 bits per heavy atom. The minimum absolute atomic E-state index is 0.0311. The molecule has 0 unspecified atom stereocenters. The molecule has 35 heavy (non-hydrogen) atoms. The molecule has 0 radical (unpaired) electrons. The van der Waals surface area contributed by atoms with Gasteiger partial charge in [-0.1, -0.05) is 0 Å². The van der Waals surface area contributed by atoms with Gasteiger partial charge in [-0.05, 0) is 37.3 Å². The smallest absolute Gasteiger partial charge is 0.263 e. The number of ether oxygens (including phenoxy) is 1. The summed E-state index contributed by atoms with van der Waals surface area (Å²) in [4.78, 5) is 34.8. The number of H-pyrrole nitrogens is 1. The summed E-state index contributed by atoms with van der Waals surface area (Å²) in [7, 11) is -0.741. The van der Waals surface area contributed by atoms with Crippen molar-refractivity contribution in [3.05, 3.63) is 64.2 Å². The van der Waals surface area contributed by atoms with Crippen molar-refractivity contribution < 1.29 is 13.7 Å². The first-order chi connectivity index (χ1) is 17.0. The van der Waals surface area contributed by atoms with Gasteiger partial charge in [-0.25, -0.2) is 4.98 Å². The highest BCUT2D eigenvalue weighted by Crippen LogP contribution is 2.34. The summed E-state index contributed by atoms with van der Waals surface area (Å²) in [6, 6.07) is 9.06. The maximum Gasteiger partial charge on any atom is 0.263 e. The standard InChI is InChI=1S/C24H26N6O4S/c1-15-19(14-27-24-21(15)25-8-11-34-24)29-18-6-7-26-22(31)20(18)23(32)28-16-2-4-17(5-3-16)30-9-12-35(33)13-10-30/h2-7,14,25H,8-13H2,1H3,(H,28,32)(H2,26,29,31). The van der Waals surface area contributed by atoms with E-state index < -0.39 is 22.3 Å². The average Bonchev–Trinajstić information content (AvgIpc) is 2.87. The first-order valence-corrected chi connectivity index (χ1v) is 12.8. The zero-order chi connectivity index (χ0) is 24.4. The topological polar surface area (TPSA) is 128 Å². The summed E-state index contributed by atoms with van der Waals surface area (Å²) < 4.78 is 17.2. The molecule has 2 aromatic heterocycles. The molecule has 2 aliphatic heterocycles. The third-order valence-electron chi connectivity index (χ3n) is 6.07. The van der Waals surface area contributed by atoms with Crippen molar-refractivity contribution in [1.29, 1.82) is 0 Å². The number of aromatic nitrogens is 2. The number of pyridine rings is 2. The zero-order valence-corrected chi connectivity index (χ0v) is 20.0. The van der Waals surface area contributed by atoms with Crippen LogP contribution in [0.15, 0.2) is 47.5 Å². The number of fused-ring (bicyclic) bond motifs is 1. The van der Waals surface area contributed by atoms with Gasteiger partial charge in [0.1, 0.15) is 17.9 Å². The number of nitrogens with one attached hydrogen (secondary N) is 4. The number of rotatable bonds is 5. The van der Waals surface area contributed by atoms with E-state index in [1.807, 2.05) is 19.1 Å². The quantitative estimate of drug-likeness (QED) is 0.426. The predicted octanol–water partition coefficient (Wildman–Crippen LogP) is 2.45. The Hall–Kier alpha value is -3.86. The Kier molecular flexibility index (Phi) is 6.41. The highest BCUT2D eigenvalue weighted by atomic mass is 32.2. The van der Waals surface area contributed by atoms with E-state index in [1.165, 1.54) is 6.20 Å². The number of carbonyl (C=O) groups is 1. The maximum absolute atomic E-state index is 13.1. The summed E-state index contributed by atoms with van der Waals surface area (Å²) >= 11 is 0. The van der Waals surface area contributed by atoms with Crippen molar-refractivity contribution in [2.75, 3.05) is 58.6 Å². The minimum Gasteiger partial charge on any atom is -0.474 e. The lowest BCUT2D eigenvalue weighted by Gasteiger charge is -2.28. The molecule has 0 bridgehead atoms. The van der Waals surface area contributed by atoms with Gasteiger partial charge in [0, 0.05) is 65.1 Å². The second-order valence-electron chi connectivity index (χ2n) is 8.31. The predicted molar refractivity (Wildman–Crippen MR) is 138 cm³/mol. The SMILES string of the molecule is Cc1c(Nc2cc[nH]c(=O)c2C(=O)Nc2ccc(N3CCS(=O)CC3)cc2)cnc2c1NCCO2. The number of anilines is 5. The van der Waals surface area contributed by atoms with Gasteiger partial charge in [-0.3, -0.25) is 13.8 Å². The lowest BCUT2D eigenvalue weighted by Crippen LogP contribution is -2.37. The van der Waals surface area contributed by atoms with Crippen molar-refractivity contribution in [1.82, 2.24) is 9.97 Å². The van der Waals surface area contributed by atoms with E-state index in [0.29, 0.717) is 47.6 Å². The first kappa shape index (κ1) is 22.9. The number of hydrogen-bond donors (Lipinski definition) is 4. The van der Waals surface area contributed by atoms with Gasteiger partial charge in [0.05, 0.1) is 17.6 Å². The van der Waals surface area contributed by atoms with E-state index in [4.69, 9.17) is 4.74 Å². The first-order valence-electron chi connectivity index (χ1n) is 11.4. The van der Waals surface area contributed by atoms with Crippen molar-refractivity contribution in [3.63, 3.8) is 0 Å². The number of hydrogen-bond acceptors (Lipinski definition) is 8. The third kappa shape index (κ3) is 4.85. The Bertz CT molecular complexity index is 1330. The average molecular weight is 495 g/mol. The van der Waals surface area contributed by atoms with E-state index in [9.17, 15) is 13.8 Å². The summed E-state index contributed by atoms with van der Waals surface area (Å²) in [6.07, 6.45) is 3.11. The summed E-state index contributed by atoms with van der Waals surface area (Å²) in [6.45, 7) is 4.62. The van der Waals surface area contributed by atoms with Crippen LogP contribution in [0.2, 0.25) is 0 Å². The molecule has 1 amide bonds. The molecule has 1 fully saturated rings. The molecule has 3 aromatic rings. The minimum atomic E-state index is -0.741. The molecule has 0 atom stereocenters. The monoisotopic (exact) mass is 494 g/mol. The van der Waals surface area contributed by atoms with Crippen molar-refractivity contribution >= 4 is 45.1 Å². The normalized spacial score (nSPS) is 15.5. The molecule has 1 aromatic carbocycles. The molecule has 0 aliphatic carbocycles. The fraction of sp³-hybridized carbons (Fsp3) is 0.292. The fourth-order valence-corrected chi connectivity index (χ4v) is 5.20. The zero-order valence-electron chi connectivity index (χ0n) is 19.2. The molecular formula is C24H26N6O4S. The van der Waals surface area contributed by atoms with E-state index in [2.05, 4.69) is 30.8 Å². The summed E-state index contributed by atoms with van der Waals surface area (Å²) in [5, 5.41) is 9.27. The number of carbonyl (C=O) groups excluding carboxylic acids is 1. The van der Waals surface area contributed by atoms with Crippen LogP contribution in [0.4, 0.5) is 28.4 Å². The van der Waals surface area contributed by atoms with Crippen LogP contribution in [-0.2, 0) is 10.8 Å². The number of nitrogens with zero attached hydrogens (tertiary/aromatic N) is 2. The highest BCUT2D eigenvalue weighted by molar-refractivity contribution is 7.85. The number of aromatic amines is 1. The summed E-state index contributed by atoms with van der Waals surface area (Å²) in [5.41, 5.74) is 3.73. The molecule has 2 aliphatic rings. The van der Waals surface area contributed by atoms with E-state index >= 15 is 0 Å². The van der Waals surface area contributed by atoms with Gasteiger partial charge >= 0.3 is 0 Å². The summed E-state index contributed by atoms with van der Waals surface area (Å²) in [5.74, 6) is 1.32. The molecule has 11 heteroatoms. The van der Waals surface area contributed by atoms with Gasteiger partial charge in [0.15, 0.2) is 0 Å². The molecule has 182 valence electrons. The Balaban J connectivity index is 1.35. The van der Waals surface area contributed by atoms with Crippen LogP contribution in [0, 0.1) is 6.92 Å². The molecule has 0 spiro atoms. The number of benzene rings is 1. The Morgan fingerprint density at radius 3 is 2.69 bits per heavy atom. The molecule has 10 nitrogen and oxygen atoms in total. The van der Waals surface area contributed by atoms with Gasteiger partial charge in [-0.15, -0.1) is 0 Å². The van der Waals surface area contributed by atoms with Crippen LogP contribution in [-0.4, -0.2) is 57.8 Å². The van der Waals surface area contributed by atoms with Crippen LogP contribution in [0.3, 0.4) is 0 Å². The Labute approximate surface area is 204 Å². The second-order valence-corrected chi connectivity index (χ2v) is 10.0. The molecule has 0 saturated carbocycles. The van der Waals surface area contributed by atoms with Gasteiger partial charge in [0.25, 0.3) is 11.5 Å². The van der Waals surface area contributed by atoms with Gasteiger partial charge in [0.2, 0.25) is 5.88 Å².